The van der Waals surface area contributed by atoms with Crippen molar-refractivity contribution < 1.29 is 8.42 Å². The molecule has 3 aromatic heterocycles. The molecule has 3 rings (SSSR count). The normalized spacial score (nSPS) is 12.1. The lowest BCUT2D eigenvalue weighted by atomic mass is 10.4. The van der Waals surface area contributed by atoms with Crippen molar-refractivity contribution in [3.8, 4) is 11.5 Å². The van der Waals surface area contributed by atoms with Crippen LogP contribution in [0.4, 0.5) is 0 Å². The van der Waals surface area contributed by atoms with Gasteiger partial charge in [-0.15, -0.1) is 5.10 Å². The van der Waals surface area contributed by atoms with E-state index in [0.29, 0.717) is 17.2 Å². The second-order valence-electron chi connectivity index (χ2n) is 3.45. The lowest BCUT2D eigenvalue weighted by molar-refractivity contribution is 0.588. The molecular formula is C8H7N7O2S. The Balaban J connectivity index is 2.32. The largest absolute Gasteiger partial charge is 0.282 e. The SMILES string of the molecule is NS(=O)(=O)c1nc2ccnc(-c3ccn[nH]3)n2n1. The van der Waals surface area contributed by atoms with Crippen LogP contribution >= 0.6 is 0 Å². The molecule has 18 heavy (non-hydrogen) atoms. The van der Waals surface area contributed by atoms with Gasteiger partial charge < -0.3 is 0 Å². The number of primary sulfonamides is 1. The molecule has 0 aromatic carbocycles. The van der Waals surface area contributed by atoms with Crippen LogP contribution in [0.15, 0.2) is 29.7 Å². The zero-order valence-corrected chi connectivity index (χ0v) is 9.66. The Morgan fingerprint density at radius 1 is 1.28 bits per heavy atom. The van der Waals surface area contributed by atoms with Gasteiger partial charge in [0, 0.05) is 18.5 Å². The third-order valence-electron chi connectivity index (χ3n) is 2.23. The Labute approximate surface area is 101 Å². The molecule has 0 aliphatic rings. The molecular weight excluding hydrogens is 258 g/mol. The number of sulfonamides is 1. The fourth-order valence-corrected chi connectivity index (χ4v) is 1.90. The summed E-state index contributed by atoms with van der Waals surface area (Å²) < 4.78 is 23.7. The minimum atomic E-state index is -3.95. The number of nitrogens with two attached hydrogens (primary N) is 1. The predicted molar refractivity (Wildman–Crippen MR) is 59.7 cm³/mol. The van der Waals surface area contributed by atoms with Gasteiger partial charge in [0.05, 0.1) is 0 Å². The minimum Gasteiger partial charge on any atom is -0.275 e. The summed E-state index contributed by atoms with van der Waals surface area (Å²) in [5.74, 6) is 0.396. The molecule has 3 N–H and O–H groups in total. The maximum atomic E-state index is 11.2. The third-order valence-corrected chi connectivity index (χ3v) is 2.91. The quantitative estimate of drug-likeness (QED) is 0.621. The smallest absolute Gasteiger partial charge is 0.275 e. The number of aromatic amines is 1. The van der Waals surface area contributed by atoms with Gasteiger partial charge >= 0.3 is 0 Å². The average Bonchev–Trinajstić information content (AvgIpc) is 2.96. The average molecular weight is 265 g/mol. The maximum absolute atomic E-state index is 11.2. The molecule has 0 saturated carbocycles. The van der Waals surface area contributed by atoms with Crippen LogP contribution in [0.1, 0.15) is 0 Å². The van der Waals surface area contributed by atoms with Gasteiger partial charge in [-0.3, -0.25) is 5.10 Å². The molecule has 0 spiro atoms. The zero-order chi connectivity index (χ0) is 12.8. The Hall–Kier alpha value is -2.33. The van der Waals surface area contributed by atoms with E-state index in [1.54, 1.807) is 12.3 Å². The van der Waals surface area contributed by atoms with E-state index in [-0.39, 0.29) is 0 Å². The summed E-state index contributed by atoms with van der Waals surface area (Å²) in [6.07, 6.45) is 3.04. The summed E-state index contributed by atoms with van der Waals surface area (Å²) >= 11 is 0. The molecule has 0 aliphatic heterocycles. The first-order valence-electron chi connectivity index (χ1n) is 4.80. The lowest BCUT2D eigenvalue weighted by Gasteiger charge is -1.98. The molecule has 0 fully saturated rings. The van der Waals surface area contributed by atoms with Crippen molar-refractivity contribution >= 4 is 15.7 Å². The Kier molecular flexibility index (Phi) is 2.15. The summed E-state index contributed by atoms with van der Waals surface area (Å²) in [7, 11) is -3.95. The number of hydrogen-bond donors (Lipinski definition) is 2. The first-order chi connectivity index (χ1) is 8.55. The van der Waals surface area contributed by atoms with Crippen LogP contribution in [-0.2, 0) is 10.0 Å². The van der Waals surface area contributed by atoms with Gasteiger partial charge in [-0.1, -0.05) is 0 Å². The zero-order valence-electron chi connectivity index (χ0n) is 8.85. The van der Waals surface area contributed by atoms with E-state index in [2.05, 4.69) is 25.3 Å². The van der Waals surface area contributed by atoms with Crippen LogP contribution in [-0.4, -0.2) is 38.2 Å². The topological polar surface area (TPSA) is 132 Å². The number of nitrogens with one attached hydrogen (secondary N) is 1. The van der Waals surface area contributed by atoms with Crippen LogP contribution < -0.4 is 5.14 Å². The molecule has 0 saturated heterocycles. The van der Waals surface area contributed by atoms with Gasteiger partial charge in [0.25, 0.3) is 15.2 Å². The molecule has 0 radical (unpaired) electrons. The van der Waals surface area contributed by atoms with Crippen LogP contribution in [0.3, 0.4) is 0 Å². The van der Waals surface area contributed by atoms with Crippen molar-refractivity contribution in [2.75, 3.05) is 0 Å². The summed E-state index contributed by atoms with van der Waals surface area (Å²) in [5.41, 5.74) is 0.921. The van der Waals surface area contributed by atoms with Crippen LogP contribution in [0.5, 0.6) is 0 Å². The van der Waals surface area contributed by atoms with Crippen molar-refractivity contribution in [1.82, 2.24) is 29.8 Å². The summed E-state index contributed by atoms with van der Waals surface area (Å²) in [4.78, 5) is 7.92. The molecule has 3 heterocycles. The molecule has 0 unspecified atom stereocenters. The number of nitrogens with zero attached hydrogens (tertiary/aromatic N) is 5. The van der Waals surface area contributed by atoms with Crippen molar-refractivity contribution in [2.45, 2.75) is 5.16 Å². The standard InChI is InChI=1S/C8H7N7O2S/c9-18(16,17)8-12-6-2-3-10-7(15(6)14-8)5-1-4-11-13-5/h1-4H,(H,11,13)(H2,9,16,17). The van der Waals surface area contributed by atoms with E-state index in [0.717, 1.165) is 0 Å². The van der Waals surface area contributed by atoms with Crippen LogP contribution in [0.25, 0.3) is 17.2 Å². The second kappa shape index (κ2) is 3.58. The number of fused-ring (bicyclic) bond motifs is 1. The van der Waals surface area contributed by atoms with Crippen molar-refractivity contribution in [3.05, 3.63) is 24.5 Å². The van der Waals surface area contributed by atoms with Gasteiger partial charge in [-0.25, -0.2) is 18.5 Å². The van der Waals surface area contributed by atoms with E-state index in [4.69, 9.17) is 5.14 Å². The summed E-state index contributed by atoms with van der Waals surface area (Å²) in [6.45, 7) is 0. The third kappa shape index (κ3) is 1.63. The highest BCUT2D eigenvalue weighted by Gasteiger charge is 2.17. The number of rotatable bonds is 2. The van der Waals surface area contributed by atoms with E-state index in [1.807, 2.05) is 0 Å². The number of aromatic nitrogens is 6. The number of H-pyrrole nitrogens is 1. The molecule has 9 nitrogen and oxygen atoms in total. The van der Waals surface area contributed by atoms with Crippen molar-refractivity contribution in [2.24, 2.45) is 5.14 Å². The second-order valence-corrected chi connectivity index (χ2v) is 4.90. The highest BCUT2D eigenvalue weighted by Crippen LogP contribution is 2.15. The highest BCUT2D eigenvalue weighted by atomic mass is 32.2. The van der Waals surface area contributed by atoms with Gasteiger partial charge in [-0.2, -0.15) is 14.6 Å². The van der Waals surface area contributed by atoms with Crippen LogP contribution in [0, 0.1) is 0 Å². The highest BCUT2D eigenvalue weighted by molar-refractivity contribution is 7.89. The molecule has 92 valence electrons. The van der Waals surface area contributed by atoms with Gasteiger partial charge in [0.15, 0.2) is 11.5 Å². The molecule has 0 bridgehead atoms. The first kappa shape index (κ1) is 10.8. The molecule has 10 heteroatoms. The Morgan fingerprint density at radius 3 is 2.78 bits per heavy atom. The van der Waals surface area contributed by atoms with E-state index in [1.165, 1.54) is 16.8 Å². The van der Waals surface area contributed by atoms with E-state index < -0.39 is 15.2 Å². The molecule has 0 atom stereocenters. The Morgan fingerprint density at radius 2 is 2.11 bits per heavy atom. The van der Waals surface area contributed by atoms with Crippen molar-refractivity contribution in [3.63, 3.8) is 0 Å². The van der Waals surface area contributed by atoms with Crippen molar-refractivity contribution in [1.29, 1.82) is 0 Å². The van der Waals surface area contributed by atoms with Gasteiger partial charge in [0.2, 0.25) is 0 Å². The fourth-order valence-electron chi connectivity index (χ4n) is 1.48. The lowest BCUT2D eigenvalue weighted by Crippen LogP contribution is -2.14. The monoisotopic (exact) mass is 265 g/mol. The summed E-state index contributed by atoms with van der Waals surface area (Å²) in [6, 6.07) is 3.21. The van der Waals surface area contributed by atoms with Crippen LogP contribution in [0.2, 0.25) is 0 Å². The minimum absolute atomic E-state index is 0.332. The molecule has 3 aromatic rings. The number of hydrogen-bond acceptors (Lipinski definition) is 6. The van der Waals surface area contributed by atoms with Gasteiger partial charge in [-0.05, 0) is 6.07 Å². The van der Waals surface area contributed by atoms with E-state index in [9.17, 15) is 8.42 Å². The predicted octanol–water partition coefficient (Wildman–Crippen LogP) is -0.838. The van der Waals surface area contributed by atoms with E-state index >= 15 is 0 Å². The molecule has 0 amide bonds. The Bertz CT molecular complexity index is 805. The van der Waals surface area contributed by atoms with Gasteiger partial charge in [0.1, 0.15) is 5.69 Å². The first-order valence-corrected chi connectivity index (χ1v) is 6.35. The fraction of sp³-hybridized carbons (Fsp3) is 0. The maximum Gasteiger partial charge on any atom is 0.282 e. The molecule has 0 aliphatic carbocycles. The summed E-state index contributed by atoms with van der Waals surface area (Å²) in [5, 5.41) is 14.9.